The van der Waals surface area contributed by atoms with E-state index in [2.05, 4.69) is 19.9 Å². The predicted molar refractivity (Wildman–Crippen MR) is 97.0 cm³/mol. The number of carbonyl (C=O) groups excluding carboxylic acids is 2. The van der Waals surface area contributed by atoms with E-state index in [0.717, 1.165) is 38.0 Å². The number of Topliss-reactive ketones (excluding diaryl/α,β-unsaturated/α-hetero) is 1. The van der Waals surface area contributed by atoms with Gasteiger partial charge in [0.2, 0.25) is 0 Å². The average molecular weight is 352 g/mol. The third-order valence-corrected chi connectivity index (χ3v) is 9.28. The molecule has 3 fully saturated rings. The Hall–Kier alpha value is -1.38. The van der Waals surface area contributed by atoms with Gasteiger partial charge in [-0.05, 0) is 67.8 Å². The Bertz CT molecular complexity index is 791. The average Bonchev–Trinajstić information content (AvgIpc) is 3.24. The SMILES string of the molecule is C[C@@H]1CC2=C(CCC(=O)C2)[C@H]2CC[C@@]3(C)[C@@H]([C@@H]4C[C@@H]4[C@@]34C=CC(=O)O4)[C@H]12. The monoisotopic (exact) mass is 352 g/mol. The van der Waals surface area contributed by atoms with Gasteiger partial charge in [0.25, 0.3) is 0 Å². The van der Waals surface area contributed by atoms with E-state index in [-0.39, 0.29) is 17.0 Å². The van der Waals surface area contributed by atoms with Gasteiger partial charge in [0.15, 0.2) is 0 Å². The largest absolute Gasteiger partial charge is 0.451 e. The maximum Gasteiger partial charge on any atom is 0.331 e. The van der Waals surface area contributed by atoms with Gasteiger partial charge in [-0.2, -0.15) is 0 Å². The fourth-order valence-corrected chi connectivity index (χ4v) is 8.39. The molecular formula is C23H28O3. The normalized spacial score (nSPS) is 53.9. The Morgan fingerprint density at radius 3 is 2.85 bits per heavy atom. The summed E-state index contributed by atoms with van der Waals surface area (Å²) in [5.74, 6) is 4.30. The van der Waals surface area contributed by atoms with Gasteiger partial charge < -0.3 is 4.74 Å². The maximum absolute atomic E-state index is 12.0. The molecule has 3 heteroatoms. The molecule has 5 aliphatic carbocycles. The van der Waals surface area contributed by atoms with Gasteiger partial charge in [-0.1, -0.05) is 25.0 Å². The molecule has 3 nitrogen and oxygen atoms in total. The Kier molecular flexibility index (Phi) is 2.84. The van der Waals surface area contributed by atoms with Crippen LogP contribution in [0.1, 0.15) is 58.8 Å². The zero-order chi connectivity index (χ0) is 17.8. The van der Waals surface area contributed by atoms with E-state index >= 15 is 0 Å². The van der Waals surface area contributed by atoms with E-state index in [1.807, 2.05) is 0 Å². The number of ketones is 1. The lowest BCUT2D eigenvalue weighted by molar-refractivity contribution is -0.167. The molecule has 0 amide bonds. The molecule has 0 aromatic rings. The second-order valence-electron chi connectivity index (χ2n) is 10.2. The molecule has 0 radical (unpaired) electrons. The van der Waals surface area contributed by atoms with Gasteiger partial charge in [-0.3, -0.25) is 4.79 Å². The lowest BCUT2D eigenvalue weighted by Crippen LogP contribution is -2.55. The molecule has 1 aliphatic heterocycles. The molecule has 0 aromatic heterocycles. The molecule has 26 heavy (non-hydrogen) atoms. The first-order valence-corrected chi connectivity index (χ1v) is 10.6. The van der Waals surface area contributed by atoms with Crippen molar-refractivity contribution in [1.82, 2.24) is 0 Å². The third-order valence-electron chi connectivity index (χ3n) is 9.28. The van der Waals surface area contributed by atoms with E-state index in [1.54, 1.807) is 11.6 Å². The Labute approximate surface area is 155 Å². The van der Waals surface area contributed by atoms with Crippen LogP contribution in [0.15, 0.2) is 23.3 Å². The molecule has 1 spiro atoms. The molecule has 0 unspecified atom stereocenters. The van der Waals surface area contributed by atoms with Crippen molar-refractivity contribution in [2.45, 2.75) is 64.4 Å². The fourth-order valence-electron chi connectivity index (χ4n) is 8.39. The van der Waals surface area contributed by atoms with Crippen molar-refractivity contribution in [2.75, 3.05) is 0 Å². The highest BCUT2D eigenvalue weighted by molar-refractivity contribution is 5.86. The van der Waals surface area contributed by atoms with Gasteiger partial charge in [0.05, 0.1) is 0 Å². The molecule has 1 heterocycles. The lowest BCUT2D eigenvalue weighted by atomic mass is 9.48. The van der Waals surface area contributed by atoms with Crippen LogP contribution in [0.2, 0.25) is 0 Å². The summed E-state index contributed by atoms with van der Waals surface area (Å²) in [6, 6.07) is 0. The predicted octanol–water partition coefficient (Wildman–Crippen LogP) is 4.23. The Morgan fingerprint density at radius 2 is 2.08 bits per heavy atom. The number of carbonyl (C=O) groups is 2. The van der Waals surface area contributed by atoms with Crippen LogP contribution in [0.5, 0.6) is 0 Å². The quantitative estimate of drug-likeness (QED) is 0.484. The van der Waals surface area contributed by atoms with E-state index in [1.165, 1.54) is 18.4 Å². The van der Waals surface area contributed by atoms with Crippen LogP contribution >= 0.6 is 0 Å². The number of esters is 1. The van der Waals surface area contributed by atoms with Crippen molar-refractivity contribution < 1.29 is 14.3 Å². The van der Waals surface area contributed by atoms with Crippen molar-refractivity contribution in [3.8, 4) is 0 Å². The van der Waals surface area contributed by atoms with Crippen LogP contribution in [-0.2, 0) is 14.3 Å². The summed E-state index contributed by atoms with van der Waals surface area (Å²) in [6.07, 6.45) is 11.0. The molecule has 3 saturated carbocycles. The van der Waals surface area contributed by atoms with Gasteiger partial charge in [-0.25, -0.2) is 4.79 Å². The molecule has 0 N–H and O–H groups in total. The highest BCUT2D eigenvalue weighted by Gasteiger charge is 2.78. The summed E-state index contributed by atoms with van der Waals surface area (Å²) < 4.78 is 6.07. The topological polar surface area (TPSA) is 43.4 Å². The number of fused-ring (bicyclic) bond motifs is 8. The first-order chi connectivity index (χ1) is 12.4. The van der Waals surface area contributed by atoms with Gasteiger partial charge >= 0.3 is 5.97 Å². The number of allylic oxidation sites excluding steroid dienone is 2. The lowest BCUT2D eigenvalue weighted by Gasteiger charge is -2.57. The van der Waals surface area contributed by atoms with E-state index < -0.39 is 0 Å². The fraction of sp³-hybridized carbons (Fsp3) is 0.739. The third kappa shape index (κ3) is 1.67. The summed E-state index contributed by atoms with van der Waals surface area (Å²) in [5, 5.41) is 0. The standard InChI is InChI=1S/C23H28O3/c1-12-9-13-10-14(24)3-4-15(13)16-5-7-22(2)21(20(12)16)17-11-18(17)23(22)8-6-19(25)26-23/h6,8,12,16-18,20-21H,3-5,7,9-11H2,1-2H3/t12-,16-,17-,18+,20-,21+,22+,23+/m1/s1. The highest BCUT2D eigenvalue weighted by atomic mass is 16.6. The van der Waals surface area contributed by atoms with Gasteiger partial charge in [0, 0.05) is 30.3 Å². The van der Waals surface area contributed by atoms with Crippen LogP contribution in [-0.4, -0.2) is 17.4 Å². The van der Waals surface area contributed by atoms with Crippen molar-refractivity contribution in [3.63, 3.8) is 0 Å². The maximum atomic E-state index is 12.0. The second kappa shape index (κ2) is 4.72. The summed E-state index contributed by atoms with van der Waals surface area (Å²) in [6.45, 7) is 4.84. The Balaban J connectivity index is 1.42. The van der Waals surface area contributed by atoms with Crippen LogP contribution in [0.4, 0.5) is 0 Å². The highest BCUT2D eigenvalue weighted by Crippen LogP contribution is 2.77. The minimum atomic E-state index is -0.318. The molecule has 0 bridgehead atoms. The molecule has 0 saturated heterocycles. The van der Waals surface area contributed by atoms with Crippen molar-refractivity contribution in [2.24, 2.45) is 40.9 Å². The number of rotatable bonds is 0. The first-order valence-electron chi connectivity index (χ1n) is 10.6. The zero-order valence-electron chi connectivity index (χ0n) is 15.8. The van der Waals surface area contributed by atoms with Gasteiger partial charge in [0.1, 0.15) is 11.4 Å². The summed E-state index contributed by atoms with van der Waals surface area (Å²) >= 11 is 0. The minimum Gasteiger partial charge on any atom is -0.451 e. The van der Waals surface area contributed by atoms with Crippen molar-refractivity contribution >= 4 is 11.8 Å². The van der Waals surface area contributed by atoms with Crippen LogP contribution < -0.4 is 0 Å². The van der Waals surface area contributed by atoms with E-state index in [4.69, 9.17) is 4.74 Å². The van der Waals surface area contributed by atoms with Crippen molar-refractivity contribution in [3.05, 3.63) is 23.3 Å². The van der Waals surface area contributed by atoms with Gasteiger partial charge in [-0.15, -0.1) is 0 Å². The molecule has 6 rings (SSSR count). The summed E-state index contributed by atoms with van der Waals surface area (Å²) in [4.78, 5) is 24.0. The molecule has 6 aliphatic rings. The van der Waals surface area contributed by atoms with Crippen LogP contribution in [0.25, 0.3) is 0 Å². The number of hydrogen-bond acceptors (Lipinski definition) is 3. The van der Waals surface area contributed by atoms with E-state index in [0.29, 0.717) is 35.4 Å². The Morgan fingerprint density at radius 1 is 1.23 bits per heavy atom. The molecule has 0 aromatic carbocycles. The molecule has 8 atom stereocenters. The second-order valence-corrected chi connectivity index (χ2v) is 10.2. The summed E-state index contributed by atoms with van der Waals surface area (Å²) in [5.41, 5.74) is 2.93. The first kappa shape index (κ1) is 15.7. The van der Waals surface area contributed by atoms with Crippen molar-refractivity contribution in [1.29, 1.82) is 0 Å². The summed E-state index contributed by atoms with van der Waals surface area (Å²) in [7, 11) is 0. The number of ether oxygens (including phenoxy) is 1. The number of hydrogen-bond donors (Lipinski definition) is 0. The smallest absolute Gasteiger partial charge is 0.331 e. The minimum absolute atomic E-state index is 0.0984. The van der Waals surface area contributed by atoms with E-state index in [9.17, 15) is 9.59 Å². The van der Waals surface area contributed by atoms with Crippen LogP contribution in [0, 0.1) is 40.9 Å². The molecule has 138 valence electrons. The molecular weight excluding hydrogens is 324 g/mol. The zero-order valence-corrected chi connectivity index (χ0v) is 15.8. The van der Waals surface area contributed by atoms with Crippen LogP contribution in [0.3, 0.4) is 0 Å².